The maximum atomic E-state index is 12.2. The van der Waals surface area contributed by atoms with Gasteiger partial charge >= 0.3 is 6.03 Å². The van der Waals surface area contributed by atoms with Crippen LogP contribution in [0.4, 0.5) is 4.79 Å². The third kappa shape index (κ3) is 2.77. The molecule has 0 bridgehead atoms. The van der Waals surface area contributed by atoms with E-state index in [4.69, 9.17) is 0 Å². The zero-order valence-corrected chi connectivity index (χ0v) is 12.5. The van der Waals surface area contributed by atoms with Crippen LogP contribution in [0.5, 0.6) is 0 Å². The van der Waals surface area contributed by atoms with Gasteiger partial charge in [0.15, 0.2) is 4.80 Å². The average Bonchev–Trinajstić information content (AvgIpc) is 3.09. The second-order valence-electron chi connectivity index (χ2n) is 5.19. The smallest absolute Gasteiger partial charge is 0.323 e. The lowest BCUT2D eigenvalue weighted by Crippen LogP contribution is -2.27. The minimum Gasteiger partial charge on any atom is -0.323 e. The Balaban J connectivity index is 1.94. The lowest BCUT2D eigenvalue weighted by atomic mass is 10.1. The van der Waals surface area contributed by atoms with Crippen molar-refractivity contribution in [3.8, 4) is 0 Å². The largest absolute Gasteiger partial charge is 0.346 e. The molecular formula is C15H19N3OS. The first-order valence-corrected chi connectivity index (χ1v) is 7.95. The number of carbonyl (C=O) groups is 1. The Labute approximate surface area is 122 Å². The fourth-order valence-corrected chi connectivity index (χ4v) is 3.38. The lowest BCUT2D eigenvalue weighted by Gasteiger charge is -2.11. The van der Waals surface area contributed by atoms with Crippen LogP contribution < -0.4 is 4.80 Å². The highest BCUT2D eigenvalue weighted by Crippen LogP contribution is 2.16. The third-order valence-electron chi connectivity index (χ3n) is 3.59. The summed E-state index contributed by atoms with van der Waals surface area (Å²) in [7, 11) is 0. The molecule has 106 valence electrons. The highest BCUT2D eigenvalue weighted by molar-refractivity contribution is 7.09. The number of amides is 2. The van der Waals surface area contributed by atoms with Crippen LogP contribution in [0.1, 0.15) is 30.6 Å². The quantitative estimate of drug-likeness (QED) is 0.782. The molecule has 1 fully saturated rings. The molecule has 4 nitrogen and oxygen atoms in total. The number of likely N-dealkylation sites (tertiary alicyclic amines) is 1. The number of allylic oxidation sites excluding steroid dienone is 4. The van der Waals surface area contributed by atoms with Gasteiger partial charge in [-0.15, -0.1) is 11.3 Å². The van der Waals surface area contributed by atoms with E-state index in [9.17, 15) is 4.79 Å². The first-order valence-electron chi connectivity index (χ1n) is 7.14. The number of urea groups is 1. The van der Waals surface area contributed by atoms with Crippen LogP contribution in [0.15, 0.2) is 29.4 Å². The zero-order chi connectivity index (χ0) is 13.9. The molecule has 1 saturated heterocycles. The number of aryl methyl sites for hydroxylation is 1. The van der Waals surface area contributed by atoms with Gasteiger partial charge in [0.2, 0.25) is 0 Å². The van der Waals surface area contributed by atoms with Crippen molar-refractivity contribution in [2.45, 2.75) is 32.6 Å². The normalized spacial score (nSPS) is 19.6. The highest BCUT2D eigenvalue weighted by atomic mass is 32.1. The zero-order valence-electron chi connectivity index (χ0n) is 11.7. The molecule has 20 heavy (non-hydrogen) atoms. The standard InChI is InChI=1S/C15H19N3OS/c1-12-11-18(13-7-3-2-4-8-13)15(20-12)16-14(19)17-9-5-6-10-17/h3,7-8,11H,2,4-6,9-10H2,1H3/b16-15-. The van der Waals surface area contributed by atoms with Gasteiger partial charge in [0.05, 0.1) is 0 Å². The summed E-state index contributed by atoms with van der Waals surface area (Å²) in [4.78, 5) is 20.3. The Morgan fingerprint density at radius 1 is 1.30 bits per heavy atom. The third-order valence-corrected chi connectivity index (χ3v) is 4.49. The molecule has 1 aromatic rings. The molecule has 0 aromatic carbocycles. The topological polar surface area (TPSA) is 37.6 Å². The Hall–Kier alpha value is -1.62. The van der Waals surface area contributed by atoms with E-state index in [0.717, 1.165) is 54.1 Å². The number of hydrogen-bond acceptors (Lipinski definition) is 2. The molecule has 0 N–H and O–H groups in total. The van der Waals surface area contributed by atoms with Crippen LogP contribution in [-0.2, 0) is 0 Å². The van der Waals surface area contributed by atoms with E-state index in [1.165, 1.54) is 0 Å². The minimum absolute atomic E-state index is 0.0986. The van der Waals surface area contributed by atoms with Gasteiger partial charge in [-0.2, -0.15) is 4.99 Å². The van der Waals surface area contributed by atoms with Gasteiger partial charge in [-0.3, -0.25) is 4.57 Å². The fourth-order valence-electron chi connectivity index (χ4n) is 2.56. The van der Waals surface area contributed by atoms with E-state index in [1.807, 2.05) is 16.4 Å². The molecule has 2 aliphatic rings. The monoisotopic (exact) mass is 289 g/mol. The van der Waals surface area contributed by atoms with Crippen LogP contribution >= 0.6 is 11.3 Å². The molecule has 1 aromatic heterocycles. The summed E-state index contributed by atoms with van der Waals surface area (Å²) in [5.74, 6) is 0. The summed E-state index contributed by atoms with van der Waals surface area (Å²) in [6.07, 6.45) is 12.9. The molecule has 0 unspecified atom stereocenters. The predicted molar refractivity (Wildman–Crippen MR) is 81.5 cm³/mol. The highest BCUT2D eigenvalue weighted by Gasteiger charge is 2.17. The van der Waals surface area contributed by atoms with Gasteiger partial charge < -0.3 is 4.90 Å². The lowest BCUT2D eigenvalue weighted by molar-refractivity contribution is 0.218. The van der Waals surface area contributed by atoms with Crippen LogP contribution in [0.3, 0.4) is 0 Å². The molecule has 0 radical (unpaired) electrons. The van der Waals surface area contributed by atoms with E-state index in [0.29, 0.717) is 0 Å². The van der Waals surface area contributed by atoms with Crippen molar-refractivity contribution in [1.82, 2.24) is 9.47 Å². The first-order chi connectivity index (χ1) is 9.74. The molecule has 2 heterocycles. The summed E-state index contributed by atoms with van der Waals surface area (Å²) in [5.41, 5.74) is 1.12. The van der Waals surface area contributed by atoms with Crippen LogP contribution in [0.2, 0.25) is 0 Å². The van der Waals surface area contributed by atoms with Crippen molar-refractivity contribution < 1.29 is 4.79 Å². The molecule has 3 rings (SSSR count). The number of aromatic nitrogens is 1. The van der Waals surface area contributed by atoms with E-state index in [-0.39, 0.29) is 6.03 Å². The Kier molecular flexibility index (Phi) is 3.87. The number of nitrogens with zero attached hydrogens (tertiary/aromatic N) is 3. The molecule has 2 amide bonds. The Bertz CT molecular complexity index is 630. The summed E-state index contributed by atoms with van der Waals surface area (Å²) < 4.78 is 2.03. The first kappa shape index (κ1) is 13.4. The van der Waals surface area contributed by atoms with Crippen LogP contribution in [0.25, 0.3) is 5.70 Å². The molecule has 1 aliphatic heterocycles. The maximum Gasteiger partial charge on any atom is 0.346 e. The Morgan fingerprint density at radius 2 is 2.10 bits per heavy atom. The van der Waals surface area contributed by atoms with Crippen molar-refractivity contribution >= 4 is 23.1 Å². The van der Waals surface area contributed by atoms with Gasteiger partial charge in [0.25, 0.3) is 0 Å². The van der Waals surface area contributed by atoms with Gasteiger partial charge in [-0.25, -0.2) is 4.79 Å². The van der Waals surface area contributed by atoms with Crippen molar-refractivity contribution in [3.05, 3.63) is 34.1 Å². The Morgan fingerprint density at radius 3 is 2.80 bits per heavy atom. The van der Waals surface area contributed by atoms with Crippen LogP contribution in [0, 0.1) is 6.92 Å². The summed E-state index contributed by atoms with van der Waals surface area (Å²) in [5, 5.41) is 0. The van der Waals surface area contributed by atoms with E-state index in [1.54, 1.807) is 11.3 Å². The van der Waals surface area contributed by atoms with Gasteiger partial charge in [0.1, 0.15) is 0 Å². The molecule has 1 aliphatic carbocycles. The van der Waals surface area contributed by atoms with Crippen LogP contribution in [-0.4, -0.2) is 28.6 Å². The van der Waals surface area contributed by atoms with Crippen molar-refractivity contribution in [3.63, 3.8) is 0 Å². The summed E-state index contributed by atoms with van der Waals surface area (Å²) >= 11 is 1.57. The molecule has 0 spiro atoms. The number of rotatable bonds is 1. The second-order valence-corrected chi connectivity index (χ2v) is 6.40. The van der Waals surface area contributed by atoms with Gasteiger partial charge in [-0.1, -0.05) is 12.2 Å². The second kappa shape index (κ2) is 5.79. The molecule has 0 atom stereocenters. The average molecular weight is 289 g/mol. The van der Waals surface area contributed by atoms with Crippen molar-refractivity contribution in [1.29, 1.82) is 0 Å². The number of hydrogen-bond donors (Lipinski definition) is 0. The molecular weight excluding hydrogens is 270 g/mol. The number of thiazole rings is 1. The van der Waals surface area contributed by atoms with E-state index < -0.39 is 0 Å². The summed E-state index contributed by atoms with van der Waals surface area (Å²) in [6.45, 7) is 3.73. The van der Waals surface area contributed by atoms with E-state index >= 15 is 0 Å². The summed E-state index contributed by atoms with van der Waals surface area (Å²) in [6, 6.07) is -0.0986. The number of carbonyl (C=O) groups excluding carboxylic acids is 1. The predicted octanol–water partition coefficient (Wildman–Crippen LogP) is 3.17. The molecule has 0 saturated carbocycles. The van der Waals surface area contributed by atoms with E-state index in [2.05, 4.69) is 29.4 Å². The maximum absolute atomic E-state index is 12.2. The molecule has 5 heteroatoms. The van der Waals surface area contributed by atoms with Crippen molar-refractivity contribution in [2.75, 3.05) is 13.1 Å². The van der Waals surface area contributed by atoms with Gasteiger partial charge in [-0.05, 0) is 38.7 Å². The van der Waals surface area contributed by atoms with Crippen molar-refractivity contribution in [2.24, 2.45) is 4.99 Å². The fraction of sp³-hybridized carbons (Fsp3) is 0.467. The SMILES string of the molecule is Cc1cn(C2=CCCC=C2)/c(=N/C(=O)N2CCCC2)s1. The van der Waals surface area contributed by atoms with Gasteiger partial charge in [0, 0.05) is 29.9 Å². The minimum atomic E-state index is -0.0986.